The SMILES string of the molecule is [B]=C(C)c1ccc(OC)cc1C1(CC)CCN(C(=C)NC(=C)C2=C(C)CCCC2)CC1. The summed E-state index contributed by atoms with van der Waals surface area (Å²) in [6.45, 7) is 17.1. The number of benzene rings is 1. The van der Waals surface area contributed by atoms with Crippen molar-refractivity contribution in [3.8, 4) is 5.75 Å². The molecule has 1 radical (unpaired) electrons. The number of piperidine rings is 1. The topological polar surface area (TPSA) is 24.5 Å². The van der Waals surface area contributed by atoms with Crippen LogP contribution in [0.1, 0.15) is 76.8 Å². The van der Waals surface area contributed by atoms with Gasteiger partial charge in [-0.25, -0.2) is 0 Å². The molecule has 0 amide bonds. The quantitative estimate of drug-likeness (QED) is 0.556. The molecule has 0 spiro atoms. The molecule has 1 heterocycles. The Morgan fingerprint density at radius 2 is 1.87 bits per heavy atom. The van der Waals surface area contributed by atoms with E-state index in [0.717, 1.165) is 67.1 Å². The molecule has 3 nitrogen and oxygen atoms in total. The van der Waals surface area contributed by atoms with Crippen molar-refractivity contribution >= 4 is 13.0 Å². The van der Waals surface area contributed by atoms with E-state index in [1.807, 2.05) is 13.0 Å². The number of methoxy groups -OCH3 is 1. The summed E-state index contributed by atoms with van der Waals surface area (Å²) in [4.78, 5) is 2.37. The molecule has 1 N–H and O–H groups in total. The van der Waals surface area contributed by atoms with Crippen LogP contribution in [0.25, 0.3) is 0 Å². The fourth-order valence-corrected chi connectivity index (χ4v) is 5.24. The van der Waals surface area contributed by atoms with E-state index < -0.39 is 0 Å². The van der Waals surface area contributed by atoms with Crippen LogP contribution in [0.4, 0.5) is 0 Å². The fraction of sp³-hybridized carbons (Fsp3) is 0.519. The summed E-state index contributed by atoms with van der Waals surface area (Å²) < 4.78 is 5.54. The molecule has 0 saturated carbocycles. The summed E-state index contributed by atoms with van der Waals surface area (Å²) in [5, 5.41) is 3.52. The first-order valence-corrected chi connectivity index (χ1v) is 11.7. The van der Waals surface area contributed by atoms with Crippen LogP contribution >= 0.6 is 0 Å². The third-order valence-corrected chi connectivity index (χ3v) is 7.41. The minimum absolute atomic E-state index is 0.0980. The number of nitrogens with zero attached hydrogens (tertiary/aromatic N) is 1. The monoisotopic (exact) mass is 417 g/mol. The third kappa shape index (κ3) is 5.00. The number of nitrogens with one attached hydrogen (secondary N) is 1. The molecular weight excluding hydrogens is 379 g/mol. The van der Waals surface area contributed by atoms with Gasteiger partial charge in [-0.15, -0.1) is 0 Å². The van der Waals surface area contributed by atoms with Gasteiger partial charge in [-0.05, 0) is 26.2 Å². The summed E-state index contributed by atoms with van der Waals surface area (Å²) in [5.74, 6) is 1.86. The Balaban J connectivity index is 1.73. The van der Waals surface area contributed by atoms with Crippen LogP contribution in [-0.2, 0) is 5.41 Å². The molecule has 3 rings (SSSR count). The van der Waals surface area contributed by atoms with E-state index >= 15 is 0 Å². The molecule has 1 aliphatic carbocycles. The Bertz CT molecular complexity index is 890. The van der Waals surface area contributed by atoms with Crippen molar-refractivity contribution in [3.05, 3.63) is 65.1 Å². The van der Waals surface area contributed by atoms with Crippen molar-refractivity contribution in [2.45, 2.75) is 71.1 Å². The number of likely N-dealkylation sites (tertiary alicyclic amines) is 1. The van der Waals surface area contributed by atoms with Crippen molar-refractivity contribution < 1.29 is 4.74 Å². The van der Waals surface area contributed by atoms with Gasteiger partial charge in [-0.1, -0.05) is 0 Å². The van der Waals surface area contributed by atoms with E-state index in [-0.39, 0.29) is 5.41 Å². The summed E-state index contributed by atoms with van der Waals surface area (Å²) in [7, 11) is 7.99. The molecule has 31 heavy (non-hydrogen) atoms. The molecule has 2 aliphatic rings. The second-order valence-corrected chi connectivity index (χ2v) is 9.23. The zero-order chi connectivity index (χ0) is 22.6. The zero-order valence-electron chi connectivity index (χ0n) is 19.9. The predicted octanol–water partition coefficient (Wildman–Crippen LogP) is 5.61. The van der Waals surface area contributed by atoms with Gasteiger partial charge >= 0.3 is 164 Å². The van der Waals surface area contributed by atoms with Crippen molar-refractivity contribution in [2.24, 2.45) is 0 Å². The summed E-state index contributed by atoms with van der Waals surface area (Å²) >= 11 is 0. The minimum atomic E-state index is 0.0980. The molecule has 0 atom stereocenters. The van der Waals surface area contributed by atoms with E-state index in [2.05, 4.69) is 49.4 Å². The zero-order valence-corrected chi connectivity index (χ0v) is 19.9. The van der Waals surface area contributed by atoms with Crippen molar-refractivity contribution in [1.82, 2.24) is 10.2 Å². The van der Waals surface area contributed by atoms with Crippen LogP contribution in [0.2, 0.25) is 0 Å². The van der Waals surface area contributed by atoms with Gasteiger partial charge in [0, 0.05) is 0 Å². The van der Waals surface area contributed by atoms with Gasteiger partial charge in [0.2, 0.25) is 0 Å². The van der Waals surface area contributed by atoms with Crippen LogP contribution in [0, 0.1) is 0 Å². The van der Waals surface area contributed by atoms with Crippen LogP contribution < -0.4 is 10.1 Å². The molecule has 1 fully saturated rings. The van der Waals surface area contributed by atoms with Crippen LogP contribution in [0.3, 0.4) is 0 Å². The van der Waals surface area contributed by atoms with Crippen molar-refractivity contribution in [3.63, 3.8) is 0 Å². The first-order valence-electron chi connectivity index (χ1n) is 11.7. The molecule has 0 bridgehead atoms. The fourth-order valence-electron chi connectivity index (χ4n) is 5.24. The van der Waals surface area contributed by atoms with E-state index in [1.54, 1.807) is 7.11 Å². The molecule has 4 heteroatoms. The molecular formula is C27H38BN2O. The van der Waals surface area contributed by atoms with Crippen molar-refractivity contribution in [2.75, 3.05) is 20.2 Å². The van der Waals surface area contributed by atoms with Crippen LogP contribution in [0.15, 0.2) is 54.0 Å². The van der Waals surface area contributed by atoms with E-state index in [4.69, 9.17) is 12.2 Å². The number of allylic oxidation sites excluding steroid dienone is 2. The molecule has 1 aromatic carbocycles. The van der Waals surface area contributed by atoms with Crippen LogP contribution in [-0.4, -0.2) is 38.1 Å². The Hall–Kier alpha value is -2.23. The van der Waals surface area contributed by atoms with E-state index in [0.29, 0.717) is 0 Å². The van der Waals surface area contributed by atoms with E-state index in [9.17, 15) is 0 Å². The van der Waals surface area contributed by atoms with Crippen LogP contribution in [0.5, 0.6) is 5.75 Å². The summed E-state index contributed by atoms with van der Waals surface area (Å²) in [5.41, 5.74) is 7.33. The summed E-state index contributed by atoms with van der Waals surface area (Å²) in [6.07, 6.45) is 8.05. The molecule has 165 valence electrons. The first-order chi connectivity index (χ1) is 14.8. The van der Waals surface area contributed by atoms with Gasteiger partial charge in [-0.3, -0.25) is 0 Å². The molecule has 0 unspecified atom stereocenters. The summed E-state index contributed by atoms with van der Waals surface area (Å²) in [6, 6.07) is 6.31. The second-order valence-electron chi connectivity index (χ2n) is 9.23. The van der Waals surface area contributed by atoms with E-state index in [1.165, 1.54) is 36.0 Å². The number of hydrogen-bond acceptors (Lipinski definition) is 3. The average Bonchev–Trinajstić information content (AvgIpc) is 2.78. The van der Waals surface area contributed by atoms with Gasteiger partial charge in [0.05, 0.1) is 0 Å². The molecule has 0 aromatic heterocycles. The number of hydrogen-bond donors (Lipinski definition) is 1. The predicted molar refractivity (Wildman–Crippen MR) is 134 cm³/mol. The molecule has 1 saturated heterocycles. The maximum absolute atomic E-state index is 6.27. The van der Waals surface area contributed by atoms with Crippen molar-refractivity contribution in [1.29, 1.82) is 0 Å². The molecule has 1 aromatic rings. The van der Waals surface area contributed by atoms with Gasteiger partial charge < -0.3 is 0 Å². The maximum atomic E-state index is 6.27. The Labute approximate surface area is 190 Å². The van der Waals surface area contributed by atoms with Gasteiger partial charge in [0.1, 0.15) is 0 Å². The second kappa shape index (κ2) is 9.93. The normalized spacial score (nSPS) is 18.5. The standard InChI is InChI=1S/C27H38BN2O/c1-7-27(26-18-23(31-6)12-13-25(26)20(3)28)14-16-30(17-15-27)22(5)29-21(4)24-11-9-8-10-19(24)2/h12-13,18,29H,4-5,7-11,14-17H2,1-3,6H3. The van der Waals surface area contributed by atoms with Gasteiger partial charge in [0.15, 0.2) is 0 Å². The third-order valence-electron chi connectivity index (χ3n) is 7.41. The number of rotatable bonds is 8. The Morgan fingerprint density at radius 1 is 1.19 bits per heavy atom. The van der Waals surface area contributed by atoms with Gasteiger partial charge in [0.25, 0.3) is 0 Å². The number of ether oxygens (including phenoxy) is 1. The molecule has 1 aliphatic heterocycles. The first kappa shape index (κ1) is 23.4. The Morgan fingerprint density at radius 3 is 2.45 bits per heavy atom. The average molecular weight is 417 g/mol. The Kier molecular flexibility index (Phi) is 7.51. The van der Waals surface area contributed by atoms with Gasteiger partial charge in [-0.2, -0.15) is 0 Å².